The van der Waals surface area contributed by atoms with E-state index in [1.54, 1.807) is 0 Å². The van der Waals surface area contributed by atoms with E-state index in [1.807, 2.05) is 0 Å². The number of fused-ring (bicyclic) bond motifs is 5. The molecular weight excluding hydrogens is 512 g/mol. The van der Waals surface area contributed by atoms with E-state index in [9.17, 15) is 0 Å². The Kier molecular flexibility index (Phi) is 6.50. The molecule has 3 nitrogen and oxygen atoms in total. The molecule has 1 aliphatic rings. The predicted molar refractivity (Wildman–Crippen MR) is 178 cm³/mol. The van der Waals surface area contributed by atoms with Gasteiger partial charge in [-0.05, 0) is 69.9 Å². The fraction of sp³-hybridized carbons (Fsp3) is 0.436. The van der Waals surface area contributed by atoms with E-state index in [2.05, 4.69) is 130 Å². The molecule has 1 aliphatic heterocycles. The first kappa shape index (κ1) is 28.6. The maximum absolute atomic E-state index is 7.05. The van der Waals surface area contributed by atoms with Gasteiger partial charge in [-0.2, -0.15) is 0 Å². The molecule has 2 aromatic heterocycles. The summed E-state index contributed by atoms with van der Waals surface area (Å²) in [6.07, 6.45) is 5.14. The molecule has 42 heavy (non-hydrogen) atoms. The van der Waals surface area contributed by atoms with Crippen LogP contribution in [0.2, 0.25) is 0 Å². The Hall–Kier alpha value is -3.46. The standard InChI is InChI=1S/C39H47N2O/c1-23-29-19-24(20-37(2,3)4)15-16-26(29)30(22-39(8,9)10)35-31(23)34-32-27(17-18-41(34)11)28-14-12-13-25(21-38(5,6)7)33(28)40-36(32)42-35/h12-19H,20-22H2,1-11H3/q+1. The molecule has 0 bridgehead atoms. The van der Waals surface area contributed by atoms with Gasteiger partial charge in [0.25, 0.3) is 0 Å². The Morgan fingerprint density at radius 2 is 1.43 bits per heavy atom. The van der Waals surface area contributed by atoms with Crippen LogP contribution in [-0.4, -0.2) is 4.98 Å². The fourth-order valence-corrected chi connectivity index (χ4v) is 6.94. The SMILES string of the molecule is Cc1c2c(c(CC(C)(C)C)c3ccc(CC(C)(C)C)cc13)Oc1nc3c(CC(C)(C)C)cccc3c3cc[n+](C)c-2c13. The Labute approximate surface area is 251 Å². The van der Waals surface area contributed by atoms with Crippen molar-refractivity contribution < 1.29 is 9.30 Å². The normalized spacial score (nSPS) is 13.6. The Morgan fingerprint density at radius 3 is 2.10 bits per heavy atom. The van der Waals surface area contributed by atoms with Gasteiger partial charge < -0.3 is 4.74 Å². The van der Waals surface area contributed by atoms with Crippen LogP contribution in [0.5, 0.6) is 11.6 Å². The summed E-state index contributed by atoms with van der Waals surface area (Å²) in [5.74, 6) is 1.71. The molecule has 0 unspecified atom stereocenters. The third-order valence-corrected chi connectivity index (χ3v) is 8.45. The second-order valence-corrected chi connectivity index (χ2v) is 16.3. The highest BCUT2D eigenvalue weighted by Crippen LogP contribution is 2.52. The topological polar surface area (TPSA) is 26.0 Å². The number of hydrogen-bond acceptors (Lipinski definition) is 2. The molecule has 3 heteroatoms. The number of para-hydroxylation sites is 1. The molecule has 5 aromatic rings. The molecule has 0 saturated heterocycles. The van der Waals surface area contributed by atoms with Crippen molar-refractivity contribution in [3.05, 3.63) is 70.9 Å². The first-order valence-electron chi connectivity index (χ1n) is 15.5. The molecule has 3 aromatic carbocycles. The number of pyridine rings is 2. The highest BCUT2D eigenvalue weighted by Gasteiger charge is 2.35. The highest BCUT2D eigenvalue weighted by molar-refractivity contribution is 6.14. The van der Waals surface area contributed by atoms with E-state index in [1.165, 1.54) is 55.1 Å². The van der Waals surface area contributed by atoms with Gasteiger partial charge in [0, 0.05) is 22.4 Å². The van der Waals surface area contributed by atoms with Crippen LogP contribution in [0.1, 0.15) is 84.6 Å². The number of hydrogen-bond donors (Lipinski definition) is 0. The molecule has 0 fully saturated rings. The van der Waals surface area contributed by atoms with Gasteiger partial charge >= 0.3 is 0 Å². The van der Waals surface area contributed by atoms with Crippen LogP contribution in [0.3, 0.4) is 0 Å². The maximum Gasteiger partial charge on any atom is 0.234 e. The molecular formula is C39H47N2O+. The van der Waals surface area contributed by atoms with Gasteiger partial charge in [0.15, 0.2) is 6.20 Å². The van der Waals surface area contributed by atoms with E-state index in [4.69, 9.17) is 9.72 Å². The highest BCUT2D eigenvalue weighted by atomic mass is 16.5. The minimum absolute atomic E-state index is 0.0918. The third-order valence-electron chi connectivity index (χ3n) is 8.45. The maximum atomic E-state index is 7.05. The lowest BCUT2D eigenvalue weighted by molar-refractivity contribution is -0.659. The van der Waals surface area contributed by atoms with Crippen molar-refractivity contribution in [3.8, 4) is 22.9 Å². The van der Waals surface area contributed by atoms with Gasteiger partial charge in [0.2, 0.25) is 11.6 Å². The quantitative estimate of drug-likeness (QED) is 0.159. The Balaban J connectivity index is 1.72. The summed E-state index contributed by atoms with van der Waals surface area (Å²) >= 11 is 0. The average Bonchev–Trinajstić information content (AvgIpc) is 2.85. The van der Waals surface area contributed by atoms with Crippen molar-refractivity contribution in [1.82, 2.24) is 4.98 Å². The number of nitrogens with zero attached hydrogens (tertiary/aromatic N) is 2. The number of benzene rings is 3. The van der Waals surface area contributed by atoms with Crippen molar-refractivity contribution >= 4 is 32.4 Å². The minimum atomic E-state index is 0.0918. The summed E-state index contributed by atoms with van der Waals surface area (Å²) in [5, 5.41) is 6.15. The molecule has 0 atom stereocenters. The van der Waals surface area contributed by atoms with E-state index in [0.717, 1.165) is 41.8 Å². The lowest BCUT2D eigenvalue weighted by Gasteiger charge is -2.28. The van der Waals surface area contributed by atoms with Crippen LogP contribution in [0.15, 0.2) is 48.7 Å². The van der Waals surface area contributed by atoms with Gasteiger partial charge in [-0.25, -0.2) is 9.55 Å². The largest absolute Gasteiger partial charge is 0.437 e. The molecule has 0 amide bonds. The summed E-state index contributed by atoms with van der Waals surface area (Å²) in [6.45, 7) is 23.1. The van der Waals surface area contributed by atoms with Gasteiger partial charge in [-0.15, -0.1) is 0 Å². The zero-order valence-corrected chi connectivity index (χ0v) is 27.5. The van der Waals surface area contributed by atoms with Gasteiger partial charge in [-0.1, -0.05) is 98.7 Å². The van der Waals surface area contributed by atoms with Crippen LogP contribution in [-0.2, 0) is 26.3 Å². The summed E-state index contributed by atoms with van der Waals surface area (Å²) in [6, 6.07) is 16.0. The monoisotopic (exact) mass is 559 g/mol. The van der Waals surface area contributed by atoms with Crippen molar-refractivity contribution in [1.29, 1.82) is 0 Å². The summed E-state index contributed by atoms with van der Waals surface area (Å²) < 4.78 is 9.33. The third kappa shape index (κ3) is 5.06. The van der Waals surface area contributed by atoms with Gasteiger partial charge in [0.1, 0.15) is 18.2 Å². The van der Waals surface area contributed by atoms with Crippen LogP contribution >= 0.6 is 0 Å². The molecule has 0 radical (unpaired) electrons. The molecule has 0 N–H and O–H groups in total. The number of rotatable bonds is 3. The Morgan fingerprint density at radius 1 is 0.738 bits per heavy atom. The predicted octanol–water partition coefficient (Wildman–Crippen LogP) is 10.2. The van der Waals surface area contributed by atoms with E-state index < -0.39 is 0 Å². The summed E-state index contributed by atoms with van der Waals surface area (Å²) in [5.41, 5.74) is 9.17. The van der Waals surface area contributed by atoms with Crippen LogP contribution in [0.4, 0.5) is 0 Å². The molecule has 218 valence electrons. The minimum Gasteiger partial charge on any atom is -0.437 e. The summed E-state index contributed by atoms with van der Waals surface area (Å²) in [4.78, 5) is 5.32. The van der Waals surface area contributed by atoms with Crippen LogP contribution in [0.25, 0.3) is 43.7 Å². The van der Waals surface area contributed by atoms with Gasteiger partial charge in [-0.3, -0.25) is 0 Å². The first-order chi connectivity index (χ1) is 19.5. The fourth-order valence-electron chi connectivity index (χ4n) is 6.94. The lowest BCUT2D eigenvalue weighted by Crippen LogP contribution is -2.32. The van der Waals surface area contributed by atoms with Crippen molar-refractivity contribution in [2.45, 2.75) is 88.5 Å². The van der Waals surface area contributed by atoms with E-state index in [-0.39, 0.29) is 16.2 Å². The first-order valence-corrected chi connectivity index (χ1v) is 15.5. The van der Waals surface area contributed by atoms with E-state index in [0.29, 0.717) is 0 Å². The Bertz CT molecular complexity index is 1890. The number of ether oxygens (including phenoxy) is 1. The second-order valence-electron chi connectivity index (χ2n) is 16.3. The zero-order valence-electron chi connectivity index (χ0n) is 27.5. The second kappa shape index (κ2) is 9.53. The lowest BCUT2D eigenvalue weighted by atomic mass is 9.80. The average molecular weight is 560 g/mol. The molecule has 0 aliphatic carbocycles. The zero-order chi connectivity index (χ0) is 30.4. The van der Waals surface area contributed by atoms with Crippen molar-refractivity contribution in [2.24, 2.45) is 23.3 Å². The molecule has 0 saturated carbocycles. The number of aromatic nitrogens is 2. The molecule has 6 rings (SSSR count). The molecule has 0 spiro atoms. The summed E-state index contributed by atoms with van der Waals surface area (Å²) in [7, 11) is 2.16. The van der Waals surface area contributed by atoms with Crippen molar-refractivity contribution in [2.75, 3.05) is 0 Å². The van der Waals surface area contributed by atoms with E-state index >= 15 is 0 Å². The number of aryl methyl sites for hydroxylation is 2. The van der Waals surface area contributed by atoms with Crippen molar-refractivity contribution in [3.63, 3.8) is 0 Å². The van der Waals surface area contributed by atoms with Gasteiger partial charge in [0.05, 0.1) is 11.1 Å². The smallest absolute Gasteiger partial charge is 0.234 e. The van der Waals surface area contributed by atoms with Crippen LogP contribution in [0, 0.1) is 23.2 Å². The van der Waals surface area contributed by atoms with Crippen LogP contribution < -0.4 is 9.30 Å². The molecule has 3 heterocycles.